The molecule has 0 saturated heterocycles. The van der Waals surface area contributed by atoms with Crippen molar-refractivity contribution in [2.24, 2.45) is 5.73 Å². The molecule has 0 spiro atoms. The van der Waals surface area contributed by atoms with Gasteiger partial charge in [0.05, 0.1) is 12.7 Å². The average Bonchev–Trinajstić information content (AvgIpc) is 2.26. The zero-order valence-electron chi connectivity index (χ0n) is 9.27. The molecule has 0 bridgehead atoms. The van der Waals surface area contributed by atoms with Gasteiger partial charge in [0.1, 0.15) is 12.7 Å². The minimum Gasteiger partial charge on any atom is -0.426 e. The summed E-state index contributed by atoms with van der Waals surface area (Å²) in [6, 6.07) is 5.47. The van der Waals surface area contributed by atoms with Crippen LogP contribution in [-0.4, -0.2) is 17.4 Å². The first-order valence-corrected chi connectivity index (χ1v) is 5.21. The van der Waals surface area contributed by atoms with E-state index >= 15 is 0 Å². The van der Waals surface area contributed by atoms with Crippen LogP contribution in [0.15, 0.2) is 18.2 Å². The second kappa shape index (κ2) is 3.97. The summed E-state index contributed by atoms with van der Waals surface area (Å²) in [5.41, 5.74) is 7.09. The fraction of sp³-hybridized carbons (Fsp3) is 0.417. The Hall–Kier alpha value is -1.23. The van der Waals surface area contributed by atoms with Gasteiger partial charge in [0.2, 0.25) is 0 Å². The summed E-state index contributed by atoms with van der Waals surface area (Å²) in [4.78, 5) is 0. The quantitative estimate of drug-likeness (QED) is 0.736. The highest BCUT2D eigenvalue weighted by Gasteiger charge is 2.34. The van der Waals surface area contributed by atoms with Gasteiger partial charge in [-0.3, -0.25) is 4.74 Å². The number of ether oxygens (including phenoxy) is 2. The molecule has 1 aliphatic rings. The first-order chi connectivity index (χ1) is 7.52. The molecule has 0 saturated carbocycles. The monoisotopic (exact) mass is 222 g/mol. The third kappa shape index (κ3) is 2.14. The molecule has 4 nitrogen and oxygen atoms in total. The van der Waals surface area contributed by atoms with Crippen molar-refractivity contribution in [3.63, 3.8) is 0 Å². The smallest absolute Gasteiger partial charge is 0.352 e. The number of hydrogen-bond donors (Lipinski definition) is 2. The van der Waals surface area contributed by atoms with Gasteiger partial charge < -0.3 is 15.6 Å². The normalized spacial score (nSPS) is 25.7. The lowest BCUT2D eigenvalue weighted by molar-refractivity contribution is -0.160. The van der Waals surface area contributed by atoms with Crippen molar-refractivity contribution in [2.75, 3.05) is 6.54 Å². The van der Waals surface area contributed by atoms with Crippen molar-refractivity contribution in [3.8, 4) is 5.75 Å². The molecule has 2 atom stereocenters. The fourth-order valence-corrected chi connectivity index (χ4v) is 1.65. The van der Waals surface area contributed by atoms with E-state index in [0.29, 0.717) is 6.61 Å². The predicted octanol–water partition coefficient (Wildman–Crippen LogP) is 1.14. The Balaban J connectivity index is 2.28. The van der Waals surface area contributed by atoms with Crippen LogP contribution >= 0.6 is 0 Å². The Morgan fingerprint density at radius 3 is 3.06 bits per heavy atom. The molecule has 16 heavy (non-hydrogen) atoms. The van der Waals surface area contributed by atoms with Gasteiger partial charge in [0.15, 0.2) is 0 Å². The number of benzene rings is 1. The lowest BCUT2D eigenvalue weighted by atomic mass is 10.0. The lowest BCUT2D eigenvalue weighted by Crippen LogP contribution is -2.35. The fourth-order valence-electron chi connectivity index (χ4n) is 1.65. The number of fused-ring (bicyclic) bond motifs is 1. The Morgan fingerprint density at radius 1 is 1.62 bits per heavy atom. The minimum absolute atomic E-state index is 0.202. The molecule has 0 radical (unpaired) electrons. The number of nitrogens with two attached hydrogens (primary N) is 1. The first-order valence-electron chi connectivity index (χ1n) is 5.21. The summed E-state index contributed by atoms with van der Waals surface area (Å²) >= 11 is 0. The molecule has 1 aromatic carbocycles. The van der Waals surface area contributed by atoms with Crippen molar-refractivity contribution in [2.45, 2.75) is 25.4 Å². The van der Waals surface area contributed by atoms with Crippen LogP contribution in [-0.2, 0) is 11.3 Å². The first kappa shape index (κ1) is 11.3. The maximum atomic E-state index is 9.61. The summed E-state index contributed by atoms with van der Waals surface area (Å²) in [7, 11) is 0. The summed E-state index contributed by atoms with van der Waals surface area (Å²) in [6.45, 7) is 6.18. The number of rotatable bonds is 2. The van der Waals surface area contributed by atoms with E-state index in [-0.39, 0.29) is 6.54 Å². The van der Waals surface area contributed by atoms with Crippen LogP contribution in [0.2, 0.25) is 0 Å². The van der Waals surface area contributed by atoms with E-state index < -0.39 is 11.9 Å². The molecular formula is C12H16NO3+. The topological polar surface area (TPSA) is 64.7 Å². The summed E-state index contributed by atoms with van der Waals surface area (Å²) in [6.07, 6.45) is -0.640. The summed E-state index contributed by atoms with van der Waals surface area (Å²) < 4.78 is 11.0. The van der Waals surface area contributed by atoms with Crippen molar-refractivity contribution in [1.82, 2.24) is 0 Å². The third-order valence-corrected chi connectivity index (χ3v) is 2.55. The van der Waals surface area contributed by atoms with Crippen LogP contribution in [0.1, 0.15) is 24.2 Å². The second-order valence-electron chi connectivity index (χ2n) is 4.14. The van der Waals surface area contributed by atoms with Crippen molar-refractivity contribution in [3.05, 3.63) is 36.2 Å². The number of aliphatic hydroxyl groups is 1. The van der Waals surface area contributed by atoms with Gasteiger partial charge in [0.25, 0.3) is 0 Å². The predicted molar refractivity (Wildman–Crippen MR) is 59.6 cm³/mol. The molecule has 1 heterocycles. The molecule has 1 aromatic rings. The molecule has 86 valence electrons. The van der Waals surface area contributed by atoms with Crippen LogP contribution in [0, 0.1) is 6.92 Å². The van der Waals surface area contributed by atoms with Crippen molar-refractivity contribution >= 4 is 0 Å². The average molecular weight is 222 g/mol. The standard InChI is InChI=1S/C12H16NO3/c1-12(2)15-7-9-5-8(10(14)6-13)3-4-11(9)16-12/h3-5,10,14H,1,6-7,13H2,2H3/q+1. The highest BCUT2D eigenvalue weighted by atomic mass is 16.7. The number of aliphatic hydroxyl groups excluding tert-OH is 1. The Labute approximate surface area is 95.0 Å². The van der Waals surface area contributed by atoms with Crippen LogP contribution < -0.4 is 10.5 Å². The van der Waals surface area contributed by atoms with E-state index in [0.717, 1.165) is 16.9 Å². The largest absolute Gasteiger partial charge is 0.426 e. The van der Waals surface area contributed by atoms with Crippen LogP contribution in [0.25, 0.3) is 0 Å². The van der Waals surface area contributed by atoms with Gasteiger partial charge >= 0.3 is 5.79 Å². The van der Waals surface area contributed by atoms with Gasteiger partial charge in [-0.2, -0.15) is 0 Å². The van der Waals surface area contributed by atoms with E-state index in [9.17, 15) is 5.11 Å². The van der Waals surface area contributed by atoms with Crippen LogP contribution in [0.5, 0.6) is 5.75 Å². The zero-order chi connectivity index (χ0) is 11.8. The Morgan fingerprint density at radius 2 is 2.38 bits per heavy atom. The van der Waals surface area contributed by atoms with Crippen LogP contribution in [0.4, 0.5) is 0 Å². The molecule has 2 rings (SSSR count). The maximum Gasteiger partial charge on any atom is 0.352 e. The Bertz CT molecular complexity index is 390. The van der Waals surface area contributed by atoms with E-state index in [1.807, 2.05) is 12.1 Å². The van der Waals surface area contributed by atoms with E-state index in [1.165, 1.54) is 0 Å². The van der Waals surface area contributed by atoms with Crippen molar-refractivity contribution < 1.29 is 14.6 Å². The Kier molecular flexibility index (Phi) is 2.80. The molecule has 0 fully saturated rings. The highest BCUT2D eigenvalue weighted by Crippen LogP contribution is 2.32. The molecule has 3 N–H and O–H groups in total. The molecule has 1 aliphatic heterocycles. The molecular weight excluding hydrogens is 206 g/mol. The van der Waals surface area contributed by atoms with E-state index in [4.69, 9.17) is 15.2 Å². The van der Waals surface area contributed by atoms with E-state index in [2.05, 4.69) is 6.92 Å². The SMILES string of the molecule is [CH2+]C1(C)OCc2cc(C(O)CN)ccc2O1. The molecule has 0 aliphatic carbocycles. The van der Waals surface area contributed by atoms with Gasteiger partial charge in [-0.05, 0) is 17.7 Å². The molecule has 4 heteroatoms. The summed E-state index contributed by atoms with van der Waals surface area (Å²) in [5.74, 6) is -0.0854. The van der Waals surface area contributed by atoms with Gasteiger partial charge in [-0.15, -0.1) is 0 Å². The van der Waals surface area contributed by atoms with Crippen LogP contribution in [0.3, 0.4) is 0 Å². The van der Waals surface area contributed by atoms with Crippen molar-refractivity contribution in [1.29, 1.82) is 0 Å². The molecule has 0 aromatic heterocycles. The van der Waals surface area contributed by atoms with Gasteiger partial charge in [0, 0.05) is 19.0 Å². The second-order valence-corrected chi connectivity index (χ2v) is 4.14. The third-order valence-electron chi connectivity index (χ3n) is 2.55. The maximum absolute atomic E-state index is 9.61. The highest BCUT2D eigenvalue weighted by molar-refractivity contribution is 5.39. The minimum atomic E-state index is -0.832. The van der Waals surface area contributed by atoms with Gasteiger partial charge in [-0.25, -0.2) is 0 Å². The lowest BCUT2D eigenvalue weighted by Gasteiger charge is -2.27. The summed E-state index contributed by atoms with van der Waals surface area (Å²) in [5, 5.41) is 9.61. The molecule has 2 unspecified atom stereocenters. The molecule has 0 amide bonds. The zero-order valence-corrected chi connectivity index (χ0v) is 9.27. The van der Waals surface area contributed by atoms with E-state index in [1.54, 1.807) is 13.0 Å². The number of hydrogen-bond acceptors (Lipinski definition) is 4. The van der Waals surface area contributed by atoms with Gasteiger partial charge in [-0.1, -0.05) is 6.07 Å².